The second-order valence-corrected chi connectivity index (χ2v) is 8.21. The highest BCUT2D eigenvalue weighted by atomic mass is 16.5. The van der Waals surface area contributed by atoms with E-state index in [1.165, 1.54) is 0 Å². The Morgan fingerprint density at radius 1 is 1.06 bits per heavy atom. The molecule has 0 spiro atoms. The molecule has 3 rings (SSSR count). The number of carboxylic acids is 1. The van der Waals surface area contributed by atoms with E-state index >= 15 is 0 Å². The number of carbonyl (C=O) groups is 3. The zero-order valence-corrected chi connectivity index (χ0v) is 18.8. The van der Waals surface area contributed by atoms with E-state index in [-0.39, 0.29) is 31.4 Å². The third-order valence-corrected chi connectivity index (χ3v) is 5.91. The fourth-order valence-corrected chi connectivity index (χ4v) is 4.03. The van der Waals surface area contributed by atoms with E-state index in [2.05, 4.69) is 41.5 Å². The molecular weight excluding hydrogens is 420 g/mol. The van der Waals surface area contributed by atoms with Crippen LogP contribution in [0.3, 0.4) is 0 Å². The van der Waals surface area contributed by atoms with Crippen molar-refractivity contribution in [3.8, 4) is 11.1 Å². The van der Waals surface area contributed by atoms with E-state index in [0.29, 0.717) is 12.8 Å². The minimum atomic E-state index is -1.07. The van der Waals surface area contributed by atoms with Crippen molar-refractivity contribution in [2.45, 2.75) is 38.1 Å². The lowest BCUT2D eigenvalue weighted by Gasteiger charge is -2.18. The molecule has 2 aromatic rings. The van der Waals surface area contributed by atoms with E-state index in [0.717, 1.165) is 22.3 Å². The molecule has 0 aromatic heterocycles. The average molecular weight is 451 g/mol. The number of hydrogen-bond acceptors (Lipinski definition) is 4. The van der Waals surface area contributed by atoms with Gasteiger partial charge in [-0.2, -0.15) is 0 Å². The van der Waals surface area contributed by atoms with Crippen molar-refractivity contribution in [3.63, 3.8) is 0 Å². The summed E-state index contributed by atoms with van der Waals surface area (Å²) in [5, 5.41) is 14.4. The van der Waals surface area contributed by atoms with Crippen LogP contribution in [0.5, 0.6) is 0 Å². The Bertz CT molecular complexity index is 974. The minimum absolute atomic E-state index is 0.0173. The van der Waals surface area contributed by atoms with Crippen LogP contribution in [0.4, 0.5) is 4.79 Å². The van der Waals surface area contributed by atoms with Gasteiger partial charge in [-0.15, -0.1) is 6.58 Å². The molecule has 0 saturated heterocycles. The van der Waals surface area contributed by atoms with Crippen LogP contribution in [0.1, 0.15) is 43.2 Å². The Kier molecular flexibility index (Phi) is 8.24. The third-order valence-electron chi connectivity index (χ3n) is 5.91. The first kappa shape index (κ1) is 24.0. The number of benzene rings is 2. The Morgan fingerprint density at radius 2 is 1.67 bits per heavy atom. The van der Waals surface area contributed by atoms with E-state index in [1.54, 1.807) is 13.0 Å². The largest absolute Gasteiger partial charge is 0.480 e. The van der Waals surface area contributed by atoms with Gasteiger partial charge in [0.05, 0.1) is 0 Å². The van der Waals surface area contributed by atoms with E-state index in [9.17, 15) is 19.5 Å². The van der Waals surface area contributed by atoms with Gasteiger partial charge >= 0.3 is 12.1 Å². The number of carbonyl (C=O) groups excluding carboxylic acids is 2. The molecule has 0 fully saturated rings. The summed E-state index contributed by atoms with van der Waals surface area (Å²) in [6.07, 6.45) is 2.22. The third kappa shape index (κ3) is 6.00. The Hall–Kier alpha value is -3.61. The van der Waals surface area contributed by atoms with E-state index in [1.807, 2.05) is 24.3 Å². The predicted octanol–water partition coefficient (Wildman–Crippen LogP) is 4.09. The number of ether oxygens (including phenoxy) is 1. The maximum atomic E-state index is 12.3. The number of fused-ring (bicyclic) bond motifs is 3. The minimum Gasteiger partial charge on any atom is -0.480 e. The van der Waals surface area contributed by atoms with Crippen LogP contribution < -0.4 is 10.6 Å². The van der Waals surface area contributed by atoms with Crippen LogP contribution in [0.2, 0.25) is 0 Å². The standard InChI is InChI=1S/C26H30N2O5/c1-3-4-13-23(25(30)31)28-24(29)17(2)14-15-27-26(32)33-16-22-20-11-7-5-9-18(20)19-10-6-8-12-21(19)22/h3,5-12,17,22-23H,1,4,13-16H2,2H3,(H,27,32)(H,28,29)(H,30,31). The van der Waals surface area contributed by atoms with Gasteiger partial charge < -0.3 is 20.5 Å². The first-order valence-corrected chi connectivity index (χ1v) is 11.1. The highest BCUT2D eigenvalue weighted by Gasteiger charge is 2.29. The lowest BCUT2D eigenvalue weighted by Crippen LogP contribution is -2.43. The number of alkyl carbamates (subject to hydrolysis) is 1. The van der Waals surface area contributed by atoms with Gasteiger partial charge in [0.15, 0.2) is 0 Å². The normalized spacial score (nSPS) is 13.8. The predicted molar refractivity (Wildman–Crippen MR) is 126 cm³/mol. The molecule has 0 bridgehead atoms. The van der Waals surface area contributed by atoms with Crippen molar-refractivity contribution >= 4 is 18.0 Å². The van der Waals surface area contributed by atoms with Crippen LogP contribution in [0.25, 0.3) is 11.1 Å². The second kappa shape index (κ2) is 11.3. The molecule has 7 heteroatoms. The summed E-state index contributed by atoms with van der Waals surface area (Å²) >= 11 is 0. The van der Waals surface area contributed by atoms with Gasteiger partial charge in [-0.05, 0) is 41.5 Å². The molecule has 1 aliphatic carbocycles. The van der Waals surface area contributed by atoms with Gasteiger partial charge in [-0.1, -0.05) is 61.5 Å². The average Bonchev–Trinajstić information content (AvgIpc) is 3.13. The maximum absolute atomic E-state index is 12.3. The summed E-state index contributed by atoms with van der Waals surface area (Å²) in [6.45, 7) is 5.73. The molecule has 0 aliphatic heterocycles. The number of allylic oxidation sites excluding steroid dienone is 1. The molecule has 0 saturated carbocycles. The van der Waals surface area contributed by atoms with E-state index in [4.69, 9.17) is 4.74 Å². The van der Waals surface area contributed by atoms with Crippen molar-refractivity contribution in [2.24, 2.45) is 5.92 Å². The first-order chi connectivity index (χ1) is 15.9. The summed E-state index contributed by atoms with van der Waals surface area (Å²) in [5.41, 5.74) is 4.60. The highest BCUT2D eigenvalue weighted by molar-refractivity contribution is 5.84. The van der Waals surface area contributed by atoms with Gasteiger partial charge in [-0.25, -0.2) is 9.59 Å². The molecule has 174 valence electrons. The number of amides is 2. The summed E-state index contributed by atoms with van der Waals surface area (Å²) < 4.78 is 5.48. The zero-order valence-electron chi connectivity index (χ0n) is 18.8. The molecule has 33 heavy (non-hydrogen) atoms. The maximum Gasteiger partial charge on any atom is 0.407 e. The van der Waals surface area contributed by atoms with Crippen molar-refractivity contribution in [1.29, 1.82) is 0 Å². The number of hydrogen-bond donors (Lipinski definition) is 3. The number of nitrogens with one attached hydrogen (secondary N) is 2. The SMILES string of the molecule is C=CCCC(NC(=O)C(C)CCNC(=O)OCC1c2ccccc2-c2ccccc21)C(=O)O. The van der Waals surface area contributed by atoms with Gasteiger partial charge in [0.2, 0.25) is 5.91 Å². The summed E-state index contributed by atoms with van der Waals surface area (Å²) in [7, 11) is 0. The molecule has 7 nitrogen and oxygen atoms in total. The topological polar surface area (TPSA) is 105 Å². The van der Waals surface area contributed by atoms with Gasteiger partial charge in [0.25, 0.3) is 0 Å². The lowest BCUT2D eigenvalue weighted by atomic mass is 9.98. The summed E-state index contributed by atoms with van der Waals surface area (Å²) in [5.74, 6) is -1.91. The van der Waals surface area contributed by atoms with Gasteiger partial charge in [0, 0.05) is 18.4 Å². The van der Waals surface area contributed by atoms with Crippen molar-refractivity contribution in [3.05, 3.63) is 72.3 Å². The Morgan fingerprint density at radius 3 is 2.24 bits per heavy atom. The molecule has 2 amide bonds. The number of aliphatic carboxylic acids is 1. The van der Waals surface area contributed by atoms with Crippen molar-refractivity contribution in [1.82, 2.24) is 10.6 Å². The summed E-state index contributed by atoms with van der Waals surface area (Å²) in [6, 6.07) is 15.3. The molecule has 0 radical (unpaired) electrons. The monoisotopic (exact) mass is 450 g/mol. The lowest BCUT2D eigenvalue weighted by molar-refractivity contribution is -0.142. The fourth-order valence-electron chi connectivity index (χ4n) is 4.03. The van der Waals surface area contributed by atoms with Crippen LogP contribution in [0.15, 0.2) is 61.2 Å². The van der Waals surface area contributed by atoms with Crippen molar-refractivity contribution < 1.29 is 24.2 Å². The van der Waals surface area contributed by atoms with Gasteiger partial charge in [0.1, 0.15) is 12.6 Å². The number of rotatable bonds is 11. The second-order valence-electron chi connectivity index (χ2n) is 8.21. The van der Waals surface area contributed by atoms with Crippen LogP contribution in [-0.4, -0.2) is 42.3 Å². The first-order valence-electron chi connectivity index (χ1n) is 11.1. The van der Waals surface area contributed by atoms with Gasteiger partial charge in [-0.3, -0.25) is 4.79 Å². The van der Waals surface area contributed by atoms with E-state index < -0.39 is 24.0 Å². The van der Waals surface area contributed by atoms with Crippen LogP contribution in [0, 0.1) is 5.92 Å². The number of carboxylic acid groups (broad SMARTS) is 1. The highest BCUT2D eigenvalue weighted by Crippen LogP contribution is 2.44. The molecule has 1 aliphatic rings. The molecule has 0 heterocycles. The summed E-state index contributed by atoms with van der Waals surface area (Å²) in [4.78, 5) is 35.8. The zero-order chi connectivity index (χ0) is 23.8. The Labute approximate surface area is 193 Å². The quantitative estimate of drug-likeness (QED) is 0.447. The molecular formula is C26H30N2O5. The Balaban J connectivity index is 1.45. The van der Waals surface area contributed by atoms with Crippen LogP contribution >= 0.6 is 0 Å². The smallest absolute Gasteiger partial charge is 0.407 e. The molecule has 2 atom stereocenters. The van der Waals surface area contributed by atoms with Crippen molar-refractivity contribution in [2.75, 3.05) is 13.2 Å². The van der Waals surface area contributed by atoms with Crippen LogP contribution in [-0.2, 0) is 14.3 Å². The molecule has 2 aromatic carbocycles. The molecule has 2 unspecified atom stereocenters. The fraction of sp³-hybridized carbons (Fsp3) is 0.346. The molecule has 3 N–H and O–H groups in total.